The zero-order valence-electron chi connectivity index (χ0n) is 18.4. The lowest BCUT2D eigenvalue weighted by atomic mass is 9.90. The van der Waals surface area contributed by atoms with Crippen LogP contribution in [0.4, 0.5) is 0 Å². The molecule has 0 aliphatic rings. The van der Waals surface area contributed by atoms with Crippen LogP contribution >= 0.6 is 23.1 Å². The summed E-state index contributed by atoms with van der Waals surface area (Å²) in [5, 5.41) is 13.4. The van der Waals surface area contributed by atoms with Crippen LogP contribution in [-0.4, -0.2) is 26.8 Å². The summed E-state index contributed by atoms with van der Waals surface area (Å²) in [6.07, 6.45) is 0. The van der Waals surface area contributed by atoms with Gasteiger partial charge in [0.15, 0.2) is 5.16 Å². The molecule has 1 amide bonds. The SMILES string of the molecule is Cc1sc2nc(SCC(=O)N[C@@](C)(C#N)C(C)C)n(Cc3ccccc3)c(=O)c2c1C. The molecule has 0 aliphatic carbocycles. The molecule has 0 fully saturated rings. The van der Waals surface area contributed by atoms with Gasteiger partial charge >= 0.3 is 0 Å². The third-order valence-electron chi connectivity index (χ3n) is 5.56. The third kappa shape index (κ3) is 4.83. The number of carbonyl (C=O) groups is 1. The lowest BCUT2D eigenvalue weighted by molar-refractivity contribution is -0.120. The fourth-order valence-corrected chi connectivity index (χ4v) is 4.95. The van der Waals surface area contributed by atoms with Crippen LogP contribution in [0.1, 0.15) is 36.8 Å². The molecule has 1 aromatic carbocycles. The summed E-state index contributed by atoms with van der Waals surface area (Å²) in [5.41, 5.74) is 0.900. The number of nitriles is 1. The fraction of sp³-hybridized carbons (Fsp3) is 0.391. The Hall–Kier alpha value is -2.63. The smallest absolute Gasteiger partial charge is 0.263 e. The number of thioether (sulfide) groups is 1. The maximum atomic E-state index is 13.4. The van der Waals surface area contributed by atoms with Crippen LogP contribution in [0.2, 0.25) is 0 Å². The predicted molar refractivity (Wildman–Crippen MR) is 127 cm³/mol. The number of fused-ring (bicyclic) bond motifs is 1. The summed E-state index contributed by atoms with van der Waals surface area (Å²) in [5.74, 6) is -0.226. The van der Waals surface area contributed by atoms with Gasteiger partial charge < -0.3 is 5.32 Å². The molecule has 1 N–H and O–H groups in total. The number of aryl methyl sites for hydroxylation is 2. The van der Waals surface area contributed by atoms with Crippen molar-refractivity contribution in [1.29, 1.82) is 5.26 Å². The average Bonchev–Trinajstić information content (AvgIpc) is 3.03. The van der Waals surface area contributed by atoms with E-state index in [0.29, 0.717) is 21.9 Å². The van der Waals surface area contributed by atoms with Crippen molar-refractivity contribution in [2.45, 2.75) is 51.9 Å². The standard InChI is InChI=1S/C23H26N4O2S2/c1-14(2)23(5,13-24)26-18(28)12-30-22-25-20-19(15(3)16(4)31-20)21(29)27(22)11-17-9-7-6-8-10-17/h6-10,14H,11-12H2,1-5H3,(H,26,28)/t23-/m0/s1. The van der Waals surface area contributed by atoms with E-state index in [1.54, 1.807) is 11.5 Å². The summed E-state index contributed by atoms with van der Waals surface area (Å²) in [6, 6.07) is 11.9. The van der Waals surface area contributed by atoms with Gasteiger partial charge in [-0.1, -0.05) is 55.9 Å². The quantitative estimate of drug-likeness (QED) is 0.425. The number of amides is 1. The van der Waals surface area contributed by atoms with Crippen molar-refractivity contribution < 1.29 is 4.79 Å². The summed E-state index contributed by atoms with van der Waals surface area (Å²) >= 11 is 2.71. The Kier molecular flexibility index (Phi) is 6.87. The highest BCUT2D eigenvalue weighted by molar-refractivity contribution is 7.99. The second-order valence-corrected chi connectivity index (χ2v) is 10.2. The first-order valence-electron chi connectivity index (χ1n) is 10.1. The largest absolute Gasteiger partial charge is 0.337 e. The molecule has 6 nitrogen and oxygen atoms in total. The minimum absolute atomic E-state index is 0.0331. The molecule has 162 valence electrons. The van der Waals surface area contributed by atoms with Crippen molar-refractivity contribution in [2.75, 3.05) is 5.75 Å². The molecule has 8 heteroatoms. The second kappa shape index (κ2) is 9.25. The van der Waals surface area contributed by atoms with Gasteiger partial charge in [-0.2, -0.15) is 5.26 Å². The van der Waals surface area contributed by atoms with Crippen molar-refractivity contribution in [2.24, 2.45) is 5.92 Å². The molecule has 3 rings (SSSR count). The highest BCUT2D eigenvalue weighted by atomic mass is 32.2. The summed E-state index contributed by atoms with van der Waals surface area (Å²) in [6.45, 7) is 9.81. The lowest BCUT2D eigenvalue weighted by Gasteiger charge is -2.27. The Balaban J connectivity index is 1.95. The van der Waals surface area contributed by atoms with E-state index in [1.165, 1.54) is 23.1 Å². The minimum Gasteiger partial charge on any atom is -0.337 e. The molecular weight excluding hydrogens is 428 g/mol. The van der Waals surface area contributed by atoms with E-state index in [4.69, 9.17) is 4.98 Å². The summed E-state index contributed by atoms with van der Waals surface area (Å²) < 4.78 is 1.64. The molecule has 0 saturated heterocycles. The van der Waals surface area contributed by atoms with Crippen molar-refractivity contribution in [3.8, 4) is 6.07 Å². The van der Waals surface area contributed by atoms with Gasteiger partial charge in [-0.05, 0) is 37.8 Å². The van der Waals surface area contributed by atoms with E-state index >= 15 is 0 Å². The fourth-order valence-electron chi connectivity index (χ4n) is 3.08. The third-order valence-corrected chi connectivity index (χ3v) is 7.63. The Labute approximate surface area is 190 Å². The Morgan fingerprint density at radius 3 is 2.61 bits per heavy atom. The molecule has 0 aliphatic heterocycles. The molecule has 0 saturated carbocycles. The summed E-state index contributed by atoms with van der Waals surface area (Å²) in [7, 11) is 0. The van der Waals surface area contributed by atoms with Crippen LogP contribution in [0.15, 0.2) is 40.3 Å². The maximum absolute atomic E-state index is 13.4. The first-order chi connectivity index (χ1) is 14.7. The molecule has 0 spiro atoms. The normalized spacial score (nSPS) is 13.2. The van der Waals surface area contributed by atoms with Crippen LogP contribution in [-0.2, 0) is 11.3 Å². The first kappa shape index (κ1) is 23.0. The topological polar surface area (TPSA) is 87.8 Å². The molecule has 0 bridgehead atoms. The van der Waals surface area contributed by atoms with Crippen LogP contribution < -0.4 is 10.9 Å². The zero-order valence-corrected chi connectivity index (χ0v) is 20.0. The maximum Gasteiger partial charge on any atom is 0.263 e. The Morgan fingerprint density at radius 1 is 1.32 bits per heavy atom. The highest BCUT2D eigenvalue weighted by Crippen LogP contribution is 2.28. The number of thiophene rings is 1. The number of carbonyl (C=O) groups excluding carboxylic acids is 1. The minimum atomic E-state index is -0.944. The molecule has 31 heavy (non-hydrogen) atoms. The number of rotatable bonds is 7. The van der Waals surface area contributed by atoms with Crippen molar-refractivity contribution in [3.63, 3.8) is 0 Å². The first-order valence-corrected chi connectivity index (χ1v) is 11.9. The van der Waals surface area contributed by atoms with E-state index in [0.717, 1.165) is 16.0 Å². The van der Waals surface area contributed by atoms with E-state index in [9.17, 15) is 14.9 Å². The number of hydrogen-bond donors (Lipinski definition) is 1. The van der Waals surface area contributed by atoms with Crippen LogP contribution in [0.3, 0.4) is 0 Å². The molecule has 2 aromatic heterocycles. The van der Waals surface area contributed by atoms with E-state index in [1.807, 2.05) is 58.0 Å². The highest BCUT2D eigenvalue weighted by Gasteiger charge is 2.30. The molecule has 2 heterocycles. The summed E-state index contributed by atoms with van der Waals surface area (Å²) in [4.78, 5) is 32.4. The van der Waals surface area contributed by atoms with Crippen molar-refractivity contribution in [3.05, 3.63) is 56.7 Å². The van der Waals surface area contributed by atoms with Crippen molar-refractivity contribution >= 4 is 39.2 Å². The lowest BCUT2D eigenvalue weighted by Crippen LogP contribution is -2.49. The zero-order chi connectivity index (χ0) is 22.8. The van der Waals surface area contributed by atoms with E-state index in [2.05, 4.69) is 11.4 Å². The van der Waals surface area contributed by atoms with Crippen LogP contribution in [0.5, 0.6) is 0 Å². The number of nitrogens with zero attached hydrogens (tertiary/aromatic N) is 3. The van der Waals surface area contributed by atoms with Crippen LogP contribution in [0, 0.1) is 31.1 Å². The van der Waals surface area contributed by atoms with Crippen LogP contribution in [0.25, 0.3) is 10.2 Å². The number of aromatic nitrogens is 2. The van der Waals surface area contributed by atoms with Gasteiger partial charge in [-0.15, -0.1) is 11.3 Å². The average molecular weight is 455 g/mol. The van der Waals surface area contributed by atoms with Gasteiger partial charge in [-0.3, -0.25) is 14.2 Å². The van der Waals surface area contributed by atoms with Gasteiger partial charge in [0, 0.05) is 4.88 Å². The Bertz CT molecular complexity index is 1210. The number of hydrogen-bond acceptors (Lipinski definition) is 6. The van der Waals surface area contributed by atoms with E-state index < -0.39 is 5.54 Å². The van der Waals surface area contributed by atoms with Gasteiger partial charge in [0.05, 0.1) is 23.8 Å². The monoisotopic (exact) mass is 454 g/mol. The van der Waals surface area contributed by atoms with Gasteiger partial charge in [-0.25, -0.2) is 4.98 Å². The number of nitrogens with one attached hydrogen (secondary N) is 1. The van der Waals surface area contributed by atoms with E-state index in [-0.39, 0.29) is 23.1 Å². The van der Waals surface area contributed by atoms with Crippen molar-refractivity contribution in [1.82, 2.24) is 14.9 Å². The molecule has 1 atom stereocenters. The molecule has 0 unspecified atom stereocenters. The molecule has 3 aromatic rings. The van der Waals surface area contributed by atoms with Gasteiger partial charge in [0.1, 0.15) is 10.4 Å². The Morgan fingerprint density at radius 2 is 2.00 bits per heavy atom. The molecular formula is C23H26N4O2S2. The van der Waals surface area contributed by atoms with Gasteiger partial charge in [0.25, 0.3) is 5.56 Å². The predicted octanol–water partition coefficient (Wildman–Crippen LogP) is 4.27. The molecule has 0 radical (unpaired) electrons. The number of benzene rings is 1. The second-order valence-electron chi connectivity index (χ2n) is 8.04. The van der Waals surface area contributed by atoms with Gasteiger partial charge in [0.2, 0.25) is 5.91 Å².